The van der Waals surface area contributed by atoms with Crippen molar-refractivity contribution in [1.29, 1.82) is 0 Å². The molecule has 0 radical (unpaired) electrons. The number of halogens is 1. The van der Waals surface area contributed by atoms with Gasteiger partial charge in [-0.2, -0.15) is 0 Å². The van der Waals surface area contributed by atoms with E-state index < -0.39 is 10.0 Å². The highest BCUT2D eigenvalue weighted by Gasteiger charge is 2.17. The van der Waals surface area contributed by atoms with Crippen molar-refractivity contribution in [2.45, 2.75) is 4.90 Å². The number of anilines is 3. The summed E-state index contributed by atoms with van der Waals surface area (Å²) in [5.41, 5.74) is 7.37. The van der Waals surface area contributed by atoms with Gasteiger partial charge in [0.25, 0.3) is 0 Å². The van der Waals surface area contributed by atoms with Crippen LogP contribution in [0.1, 0.15) is 0 Å². The zero-order valence-corrected chi connectivity index (χ0v) is 13.7. The molecular formula is C13H14IN3O2S. The van der Waals surface area contributed by atoms with Gasteiger partial charge in [0.05, 0.1) is 5.69 Å². The normalized spacial score (nSPS) is 11.3. The first-order valence-corrected chi connectivity index (χ1v) is 8.34. The Kier molecular flexibility index (Phi) is 4.51. The van der Waals surface area contributed by atoms with Crippen molar-refractivity contribution >= 4 is 49.7 Å². The average Bonchev–Trinajstić information content (AvgIpc) is 2.41. The molecule has 0 unspecified atom stereocenters. The van der Waals surface area contributed by atoms with E-state index in [0.29, 0.717) is 11.4 Å². The fourth-order valence-corrected chi connectivity index (χ4v) is 3.16. The molecule has 0 aliphatic heterocycles. The smallest absolute Gasteiger partial charge is 0.242 e. The van der Waals surface area contributed by atoms with Crippen molar-refractivity contribution in [2.75, 3.05) is 18.1 Å². The van der Waals surface area contributed by atoms with E-state index in [1.807, 2.05) is 24.3 Å². The Balaban J connectivity index is 2.47. The topological polar surface area (TPSA) is 84.2 Å². The summed E-state index contributed by atoms with van der Waals surface area (Å²) in [6.45, 7) is 0. The lowest BCUT2D eigenvalue weighted by Crippen LogP contribution is -2.20. The predicted molar refractivity (Wildman–Crippen MR) is 89.5 cm³/mol. The van der Waals surface area contributed by atoms with Gasteiger partial charge in [0.15, 0.2) is 0 Å². The van der Waals surface area contributed by atoms with E-state index in [0.717, 1.165) is 9.26 Å². The van der Waals surface area contributed by atoms with E-state index in [2.05, 4.69) is 32.6 Å². The molecule has 0 heterocycles. The number of nitrogens with one attached hydrogen (secondary N) is 2. The zero-order chi connectivity index (χ0) is 14.8. The van der Waals surface area contributed by atoms with E-state index >= 15 is 0 Å². The molecular weight excluding hydrogens is 389 g/mol. The second-order valence-electron chi connectivity index (χ2n) is 4.10. The molecule has 4 N–H and O–H groups in total. The number of benzene rings is 2. The maximum absolute atomic E-state index is 12.0. The predicted octanol–water partition coefficient (Wildman–Crippen LogP) is 2.53. The van der Waals surface area contributed by atoms with Crippen molar-refractivity contribution < 1.29 is 8.42 Å². The molecule has 106 valence electrons. The third-order valence-corrected chi connectivity index (χ3v) is 4.79. The number of sulfonamides is 1. The lowest BCUT2D eigenvalue weighted by molar-refractivity contribution is 0.588. The fraction of sp³-hybridized carbons (Fsp3) is 0.0769. The maximum atomic E-state index is 12.0. The van der Waals surface area contributed by atoms with Crippen LogP contribution in [0.5, 0.6) is 0 Å². The van der Waals surface area contributed by atoms with Crippen LogP contribution in [0.25, 0.3) is 0 Å². The molecule has 0 fully saturated rings. The minimum atomic E-state index is -3.58. The number of hydrogen-bond donors (Lipinski definition) is 3. The van der Waals surface area contributed by atoms with Crippen molar-refractivity contribution in [2.24, 2.45) is 0 Å². The zero-order valence-electron chi connectivity index (χ0n) is 10.7. The minimum absolute atomic E-state index is 0.124. The second-order valence-corrected chi connectivity index (χ2v) is 7.20. The summed E-state index contributed by atoms with van der Waals surface area (Å²) >= 11 is 2.20. The molecule has 7 heteroatoms. The number of nitrogen functional groups attached to an aromatic ring is 1. The number of rotatable bonds is 4. The second kappa shape index (κ2) is 5.98. The third-order valence-electron chi connectivity index (χ3n) is 2.67. The van der Waals surface area contributed by atoms with Crippen molar-refractivity contribution in [3.05, 3.63) is 46.0 Å². The van der Waals surface area contributed by atoms with Crippen LogP contribution in [0.15, 0.2) is 47.4 Å². The molecule has 5 nitrogen and oxygen atoms in total. The summed E-state index contributed by atoms with van der Waals surface area (Å²) in [6, 6.07) is 12.4. The maximum Gasteiger partial charge on any atom is 0.242 e. The van der Waals surface area contributed by atoms with E-state index in [1.165, 1.54) is 13.1 Å². The summed E-state index contributed by atoms with van der Waals surface area (Å²) in [5.74, 6) is 0. The molecule has 0 saturated heterocycles. The Morgan fingerprint density at radius 3 is 2.55 bits per heavy atom. The summed E-state index contributed by atoms with van der Waals surface area (Å²) < 4.78 is 27.4. The van der Waals surface area contributed by atoms with Crippen LogP contribution >= 0.6 is 22.6 Å². The van der Waals surface area contributed by atoms with E-state index in [1.54, 1.807) is 12.1 Å². The van der Waals surface area contributed by atoms with Gasteiger partial charge in [-0.05, 0) is 66.0 Å². The number of nitrogens with two attached hydrogens (primary N) is 1. The molecule has 20 heavy (non-hydrogen) atoms. The molecule has 0 aliphatic carbocycles. The van der Waals surface area contributed by atoms with Gasteiger partial charge in [0, 0.05) is 14.9 Å². The van der Waals surface area contributed by atoms with Gasteiger partial charge in [-0.15, -0.1) is 0 Å². The van der Waals surface area contributed by atoms with Crippen molar-refractivity contribution in [1.82, 2.24) is 4.72 Å². The Labute approximate surface area is 131 Å². The van der Waals surface area contributed by atoms with Gasteiger partial charge in [-0.25, -0.2) is 13.1 Å². The highest BCUT2D eigenvalue weighted by Crippen LogP contribution is 2.27. The standard InChI is InChI=1S/C13H14IN3O2S/c1-16-20(18,19)13-8-10(15)5-6-12(13)17-11-4-2-3-9(14)7-11/h2-8,16-17H,15H2,1H3. The summed E-state index contributed by atoms with van der Waals surface area (Å²) in [4.78, 5) is 0.124. The van der Waals surface area contributed by atoms with Crippen LogP contribution in [0.2, 0.25) is 0 Å². The van der Waals surface area contributed by atoms with Crippen LogP contribution in [-0.4, -0.2) is 15.5 Å². The largest absolute Gasteiger partial charge is 0.399 e. The molecule has 0 spiro atoms. The van der Waals surface area contributed by atoms with Crippen LogP contribution in [-0.2, 0) is 10.0 Å². The Hall–Kier alpha value is -1.32. The van der Waals surface area contributed by atoms with Crippen LogP contribution in [0.4, 0.5) is 17.1 Å². The van der Waals surface area contributed by atoms with Crippen molar-refractivity contribution in [3.63, 3.8) is 0 Å². The highest BCUT2D eigenvalue weighted by atomic mass is 127. The molecule has 2 aromatic rings. The van der Waals surface area contributed by atoms with E-state index in [-0.39, 0.29) is 4.90 Å². The van der Waals surface area contributed by atoms with Gasteiger partial charge in [-0.3, -0.25) is 0 Å². The Bertz CT molecular complexity index is 732. The monoisotopic (exact) mass is 403 g/mol. The van der Waals surface area contributed by atoms with E-state index in [4.69, 9.17) is 5.73 Å². The summed E-state index contributed by atoms with van der Waals surface area (Å²) in [6.07, 6.45) is 0. The summed E-state index contributed by atoms with van der Waals surface area (Å²) in [7, 11) is -2.21. The molecule has 2 rings (SSSR count). The highest BCUT2D eigenvalue weighted by molar-refractivity contribution is 14.1. The van der Waals surface area contributed by atoms with Crippen LogP contribution in [0, 0.1) is 3.57 Å². The molecule has 0 atom stereocenters. The third kappa shape index (κ3) is 3.41. The molecule has 0 bridgehead atoms. The van der Waals surface area contributed by atoms with Crippen LogP contribution in [0.3, 0.4) is 0 Å². The Morgan fingerprint density at radius 2 is 1.90 bits per heavy atom. The SMILES string of the molecule is CNS(=O)(=O)c1cc(N)ccc1Nc1cccc(I)c1. The van der Waals surface area contributed by atoms with Gasteiger partial charge in [0.2, 0.25) is 10.0 Å². The molecule has 2 aromatic carbocycles. The van der Waals surface area contributed by atoms with Crippen molar-refractivity contribution in [3.8, 4) is 0 Å². The van der Waals surface area contributed by atoms with Crippen LogP contribution < -0.4 is 15.8 Å². The fourth-order valence-electron chi connectivity index (χ4n) is 1.70. The molecule has 0 amide bonds. The van der Waals surface area contributed by atoms with Gasteiger partial charge in [0.1, 0.15) is 4.90 Å². The van der Waals surface area contributed by atoms with E-state index in [9.17, 15) is 8.42 Å². The lowest BCUT2D eigenvalue weighted by atomic mass is 10.2. The van der Waals surface area contributed by atoms with Gasteiger partial charge < -0.3 is 11.1 Å². The quantitative estimate of drug-likeness (QED) is 0.541. The first-order valence-electron chi connectivity index (χ1n) is 5.78. The summed E-state index contributed by atoms with van der Waals surface area (Å²) in [5, 5.41) is 3.10. The van der Waals surface area contributed by atoms with Gasteiger partial charge >= 0.3 is 0 Å². The van der Waals surface area contributed by atoms with Gasteiger partial charge in [-0.1, -0.05) is 6.07 Å². The number of hydrogen-bond acceptors (Lipinski definition) is 4. The molecule has 0 saturated carbocycles. The minimum Gasteiger partial charge on any atom is -0.399 e. The molecule has 0 aliphatic rings. The first kappa shape index (κ1) is 15.1. The Morgan fingerprint density at radius 1 is 1.15 bits per heavy atom. The first-order chi connectivity index (χ1) is 9.42. The lowest BCUT2D eigenvalue weighted by Gasteiger charge is -2.13. The molecule has 0 aromatic heterocycles. The average molecular weight is 403 g/mol.